The van der Waals surface area contributed by atoms with Crippen molar-refractivity contribution in [3.8, 4) is 0 Å². The normalized spacial score (nSPS) is 11.8. The molecule has 0 fully saturated rings. The van der Waals surface area contributed by atoms with Gasteiger partial charge in [0.1, 0.15) is 5.58 Å². The number of ether oxygens (including phenoxy) is 2. The van der Waals surface area contributed by atoms with Crippen LogP contribution in [0.1, 0.15) is 23.0 Å². The Balaban J connectivity index is 2.12. The van der Waals surface area contributed by atoms with Crippen LogP contribution in [-0.4, -0.2) is 31.2 Å². The summed E-state index contributed by atoms with van der Waals surface area (Å²) in [6.45, 7) is 3.07. The number of nitrogens with one attached hydrogen (secondary N) is 1. The van der Waals surface area contributed by atoms with Crippen molar-refractivity contribution in [2.45, 2.75) is 20.0 Å². The number of para-hydroxylation sites is 1. The van der Waals surface area contributed by atoms with Gasteiger partial charge in [-0.1, -0.05) is 18.2 Å². The van der Waals surface area contributed by atoms with Crippen LogP contribution in [0.25, 0.3) is 11.0 Å². The number of fused-ring (bicyclic) bond motifs is 1. The van der Waals surface area contributed by atoms with E-state index >= 15 is 0 Å². The largest absolute Gasteiger partial charge is 0.453 e. The number of benzene rings is 1. The van der Waals surface area contributed by atoms with Crippen molar-refractivity contribution in [3.05, 3.63) is 35.6 Å². The highest BCUT2D eigenvalue weighted by molar-refractivity contribution is 5.99. The Hall–Kier alpha value is -2.83. The van der Waals surface area contributed by atoms with Gasteiger partial charge in [-0.2, -0.15) is 0 Å². The molecule has 1 aromatic heterocycles. The van der Waals surface area contributed by atoms with E-state index in [2.05, 4.69) is 4.74 Å². The van der Waals surface area contributed by atoms with E-state index in [0.717, 1.165) is 12.5 Å². The number of imide groups is 1. The van der Waals surface area contributed by atoms with E-state index < -0.39 is 24.1 Å². The molecule has 22 heavy (non-hydrogen) atoms. The maximum atomic E-state index is 12.1. The number of amides is 2. The molecule has 2 aromatic rings. The zero-order chi connectivity index (χ0) is 16.3. The number of hydrogen-bond acceptors (Lipinski definition) is 6. The molecule has 2 amide bonds. The van der Waals surface area contributed by atoms with E-state index in [1.165, 1.54) is 6.92 Å². The number of carbonyl (C=O) groups excluding carboxylic acids is 3. The van der Waals surface area contributed by atoms with Gasteiger partial charge in [-0.25, -0.2) is 9.59 Å². The summed E-state index contributed by atoms with van der Waals surface area (Å²) >= 11 is 0. The van der Waals surface area contributed by atoms with Gasteiger partial charge in [-0.15, -0.1) is 0 Å². The summed E-state index contributed by atoms with van der Waals surface area (Å²) in [6.07, 6.45) is -2.09. The van der Waals surface area contributed by atoms with Crippen LogP contribution in [0.3, 0.4) is 0 Å². The molecule has 0 aliphatic heterocycles. The second kappa shape index (κ2) is 6.30. The zero-order valence-corrected chi connectivity index (χ0v) is 12.3. The second-order valence-electron chi connectivity index (χ2n) is 4.58. The van der Waals surface area contributed by atoms with Crippen molar-refractivity contribution in [1.29, 1.82) is 0 Å². The Kier molecular flexibility index (Phi) is 4.45. The van der Waals surface area contributed by atoms with E-state index in [-0.39, 0.29) is 5.76 Å². The monoisotopic (exact) mass is 305 g/mol. The van der Waals surface area contributed by atoms with Crippen molar-refractivity contribution < 1.29 is 28.3 Å². The van der Waals surface area contributed by atoms with Crippen LogP contribution in [0.5, 0.6) is 0 Å². The van der Waals surface area contributed by atoms with Gasteiger partial charge < -0.3 is 13.9 Å². The first-order chi connectivity index (χ1) is 10.4. The van der Waals surface area contributed by atoms with E-state index in [4.69, 9.17) is 9.15 Å². The van der Waals surface area contributed by atoms with Crippen LogP contribution in [-0.2, 0) is 14.3 Å². The number of methoxy groups -OCH3 is 1. The quantitative estimate of drug-likeness (QED) is 0.873. The molecule has 116 valence electrons. The average molecular weight is 305 g/mol. The van der Waals surface area contributed by atoms with Crippen LogP contribution in [0.2, 0.25) is 0 Å². The summed E-state index contributed by atoms with van der Waals surface area (Å²) in [6, 6.07) is 7.16. The second-order valence-corrected chi connectivity index (χ2v) is 4.58. The van der Waals surface area contributed by atoms with E-state index in [0.29, 0.717) is 11.1 Å². The number of carbonyl (C=O) groups is 3. The predicted octanol–water partition coefficient (Wildman–Crippen LogP) is 2.17. The number of rotatable bonds is 3. The number of furan rings is 1. The number of alkyl carbamates (subject to hydrolysis) is 1. The fraction of sp³-hybridized carbons (Fsp3) is 0.267. The zero-order valence-electron chi connectivity index (χ0n) is 12.3. The van der Waals surface area contributed by atoms with Gasteiger partial charge >= 0.3 is 12.1 Å². The van der Waals surface area contributed by atoms with Crippen molar-refractivity contribution in [2.24, 2.45) is 0 Å². The van der Waals surface area contributed by atoms with E-state index in [1.807, 2.05) is 17.4 Å². The van der Waals surface area contributed by atoms with Crippen LogP contribution in [0, 0.1) is 6.92 Å². The first kappa shape index (κ1) is 15.6. The minimum Gasteiger partial charge on any atom is -0.453 e. The fourth-order valence-corrected chi connectivity index (χ4v) is 1.89. The Morgan fingerprint density at radius 1 is 1.23 bits per heavy atom. The molecular formula is C15H15NO6. The first-order valence-corrected chi connectivity index (χ1v) is 6.52. The SMILES string of the molecule is COC(=O)NC(=O)[C@H](C)OC(=O)c1oc2ccccc2c1C. The van der Waals surface area contributed by atoms with Gasteiger partial charge in [0.2, 0.25) is 5.76 Å². The van der Waals surface area contributed by atoms with Gasteiger partial charge in [0.25, 0.3) is 5.91 Å². The molecule has 0 saturated carbocycles. The molecule has 1 atom stereocenters. The molecule has 0 unspecified atom stereocenters. The fourth-order valence-electron chi connectivity index (χ4n) is 1.89. The summed E-state index contributed by atoms with van der Waals surface area (Å²) in [4.78, 5) is 34.7. The number of aryl methyl sites for hydroxylation is 1. The molecule has 1 N–H and O–H groups in total. The molecule has 7 heteroatoms. The summed E-state index contributed by atoms with van der Waals surface area (Å²) < 4.78 is 14.7. The summed E-state index contributed by atoms with van der Waals surface area (Å²) in [7, 11) is 1.12. The van der Waals surface area contributed by atoms with Crippen LogP contribution < -0.4 is 5.32 Å². The lowest BCUT2D eigenvalue weighted by Gasteiger charge is -2.11. The standard InChI is InChI=1S/C15H15NO6/c1-8-10-6-4-5-7-11(10)22-12(8)14(18)21-9(2)13(17)16-15(19)20-3/h4-7,9H,1-3H3,(H,16,17,19)/t9-/m0/s1. The highest BCUT2D eigenvalue weighted by atomic mass is 16.6. The van der Waals surface area contributed by atoms with Gasteiger partial charge in [-0.3, -0.25) is 10.1 Å². The molecule has 0 radical (unpaired) electrons. The lowest BCUT2D eigenvalue weighted by molar-refractivity contribution is -0.128. The van der Waals surface area contributed by atoms with Gasteiger partial charge in [-0.05, 0) is 19.9 Å². The maximum Gasteiger partial charge on any atom is 0.413 e. The highest BCUT2D eigenvalue weighted by Gasteiger charge is 2.25. The van der Waals surface area contributed by atoms with Crippen molar-refractivity contribution in [3.63, 3.8) is 0 Å². The molecule has 7 nitrogen and oxygen atoms in total. The van der Waals surface area contributed by atoms with Crippen molar-refractivity contribution in [1.82, 2.24) is 5.32 Å². The topological polar surface area (TPSA) is 94.8 Å². The third kappa shape index (κ3) is 3.08. The van der Waals surface area contributed by atoms with E-state index in [1.54, 1.807) is 19.1 Å². The molecule has 0 aliphatic rings. The summed E-state index contributed by atoms with van der Waals surface area (Å²) in [5.41, 5.74) is 1.18. The Bertz CT molecular complexity index is 733. The minimum absolute atomic E-state index is 0.0268. The number of hydrogen-bond donors (Lipinski definition) is 1. The predicted molar refractivity (Wildman–Crippen MR) is 76.4 cm³/mol. The molecular weight excluding hydrogens is 290 g/mol. The minimum atomic E-state index is -1.17. The van der Waals surface area contributed by atoms with Gasteiger partial charge in [0, 0.05) is 10.9 Å². The average Bonchev–Trinajstić information content (AvgIpc) is 2.84. The smallest absolute Gasteiger partial charge is 0.413 e. The molecule has 2 rings (SSSR count). The molecule has 0 aliphatic carbocycles. The summed E-state index contributed by atoms with van der Waals surface area (Å²) in [5.74, 6) is -1.53. The van der Waals surface area contributed by atoms with Gasteiger partial charge in [0.05, 0.1) is 7.11 Å². The molecule has 0 saturated heterocycles. The van der Waals surface area contributed by atoms with Crippen LogP contribution >= 0.6 is 0 Å². The molecule has 0 bridgehead atoms. The lowest BCUT2D eigenvalue weighted by Crippen LogP contribution is -2.39. The molecule has 1 heterocycles. The number of esters is 1. The van der Waals surface area contributed by atoms with Gasteiger partial charge in [0.15, 0.2) is 6.10 Å². The summed E-state index contributed by atoms with van der Waals surface area (Å²) in [5, 5.41) is 2.71. The van der Waals surface area contributed by atoms with E-state index in [9.17, 15) is 14.4 Å². The molecule has 1 aromatic carbocycles. The third-order valence-electron chi connectivity index (χ3n) is 3.09. The first-order valence-electron chi connectivity index (χ1n) is 6.52. The van der Waals surface area contributed by atoms with Crippen LogP contribution in [0.15, 0.2) is 28.7 Å². The third-order valence-corrected chi connectivity index (χ3v) is 3.09. The highest BCUT2D eigenvalue weighted by Crippen LogP contribution is 2.25. The lowest BCUT2D eigenvalue weighted by atomic mass is 10.1. The Morgan fingerprint density at radius 3 is 2.55 bits per heavy atom. The molecule has 0 spiro atoms. The maximum absolute atomic E-state index is 12.1. The van der Waals surface area contributed by atoms with Crippen molar-refractivity contribution >= 4 is 28.9 Å². The Morgan fingerprint density at radius 2 is 1.91 bits per heavy atom. The van der Waals surface area contributed by atoms with Crippen LogP contribution in [0.4, 0.5) is 4.79 Å². The van der Waals surface area contributed by atoms with Crippen molar-refractivity contribution in [2.75, 3.05) is 7.11 Å². The Labute approximate surface area is 126 Å².